The highest BCUT2D eigenvalue weighted by molar-refractivity contribution is 14.1. The molecule has 4 bridgehead atoms. The largest absolute Gasteiger partial charge is 0.490 e. The molecule has 6 aromatic heterocycles. The fourth-order valence-electron chi connectivity index (χ4n) is 11.4. The Hall–Kier alpha value is -5.77. The van der Waals surface area contributed by atoms with Gasteiger partial charge in [0.05, 0.1) is 40.4 Å². The molecule has 8 saturated heterocycles. The first kappa shape index (κ1) is 61.3. The highest BCUT2D eigenvalue weighted by Gasteiger charge is 2.36. The summed E-state index contributed by atoms with van der Waals surface area (Å²) >= 11 is 11.1. The number of thiophene rings is 1. The number of nitrogens with one attached hydrogen (secondary N) is 2. The number of thiazole rings is 1. The zero-order chi connectivity index (χ0) is 58.2. The molecule has 8 fully saturated rings. The van der Waals surface area contributed by atoms with Crippen molar-refractivity contribution in [1.82, 2.24) is 40.4 Å². The van der Waals surface area contributed by atoms with Crippen molar-refractivity contribution in [3.05, 3.63) is 185 Å². The Morgan fingerprint density at radius 2 is 1.37 bits per heavy atom. The van der Waals surface area contributed by atoms with Crippen LogP contribution in [0.3, 0.4) is 0 Å². The topological polar surface area (TPSA) is 165 Å². The molecule has 0 aliphatic carbocycles. The lowest BCUT2D eigenvalue weighted by Crippen LogP contribution is -2.47. The van der Waals surface area contributed by atoms with Crippen molar-refractivity contribution in [2.24, 2.45) is 23.7 Å². The number of aryl methyl sites for hydroxylation is 2. The summed E-state index contributed by atoms with van der Waals surface area (Å²) in [6, 6.07) is 28.2. The molecule has 18 heteroatoms. The molecule has 2 aromatic carbocycles. The summed E-state index contributed by atoms with van der Waals surface area (Å²) in [4.78, 5) is 59.7. The first-order chi connectivity index (χ1) is 40.9. The maximum Gasteiger partial charge on any atom is 0.205 e. The van der Waals surface area contributed by atoms with Crippen molar-refractivity contribution < 1.29 is 28.3 Å². The van der Waals surface area contributed by atoms with E-state index in [-0.39, 0.29) is 17.3 Å². The lowest BCUT2D eigenvalue weighted by atomic mass is 9.76. The van der Waals surface area contributed by atoms with Gasteiger partial charge in [-0.3, -0.25) is 24.4 Å². The van der Waals surface area contributed by atoms with Gasteiger partial charge in [0, 0.05) is 87.3 Å². The molecule has 8 aromatic rings. The number of aromatic nitrogens is 4. The monoisotopic (exact) mass is 1300 g/mol. The third-order valence-electron chi connectivity index (χ3n) is 16.6. The van der Waals surface area contributed by atoms with Gasteiger partial charge in [0.2, 0.25) is 5.78 Å². The van der Waals surface area contributed by atoms with Gasteiger partial charge < -0.3 is 34.3 Å². The van der Waals surface area contributed by atoms with E-state index < -0.39 is 0 Å². The first-order valence-electron chi connectivity index (χ1n) is 29.4. The molecule has 0 saturated carbocycles. The molecule has 0 amide bonds. The number of rotatable bonds is 16. The van der Waals surface area contributed by atoms with Crippen molar-refractivity contribution in [2.45, 2.75) is 83.7 Å². The summed E-state index contributed by atoms with van der Waals surface area (Å²) in [6.45, 7) is 14.8. The number of ether oxygens (including phenoxy) is 2. The van der Waals surface area contributed by atoms with E-state index in [1.165, 1.54) is 87.2 Å². The highest BCUT2D eigenvalue weighted by atomic mass is 127. The van der Waals surface area contributed by atoms with Crippen LogP contribution < -0.4 is 20.1 Å². The predicted octanol–water partition coefficient (Wildman–Crippen LogP) is 12.9. The highest BCUT2D eigenvalue weighted by Crippen LogP contribution is 2.36. The van der Waals surface area contributed by atoms with Crippen LogP contribution in [0.25, 0.3) is 11.0 Å². The van der Waals surface area contributed by atoms with E-state index in [0.29, 0.717) is 47.5 Å². The number of carbonyl (C=O) groups excluding carboxylic acids is 3. The summed E-state index contributed by atoms with van der Waals surface area (Å²) in [5, 5.41) is 13.0. The number of benzene rings is 2. The molecule has 4 atom stereocenters. The van der Waals surface area contributed by atoms with Crippen LogP contribution in [-0.2, 0) is 6.42 Å². The van der Waals surface area contributed by atoms with Gasteiger partial charge in [-0.15, -0.1) is 11.3 Å². The minimum absolute atomic E-state index is 0.0846. The molecule has 8 aliphatic rings. The lowest BCUT2D eigenvalue weighted by molar-refractivity contribution is 0.0438. The van der Waals surface area contributed by atoms with Crippen LogP contribution in [0.1, 0.15) is 109 Å². The van der Waals surface area contributed by atoms with E-state index in [4.69, 9.17) is 25.5 Å². The van der Waals surface area contributed by atoms with Crippen LogP contribution >= 0.6 is 56.9 Å². The molecular weight excluding hydrogens is 1230 g/mol. The molecule has 8 aliphatic heterocycles. The van der Waals surface area contributed by atoms with Gasteiger partial charge in [-0.2, -0.15) is 11.3 Å². The molecule has 440 valence electrons. The molecule has 2 N–H and O–H groups in total. The second-order valence-electron chi connectivity index (χ2n) is 22.6. The molecule has 16 rings (SSSR count). The number of hydrogen-bond acceptors (Lipinski definition) is 16. The van der Waals surface area contributed by atoms with Crippen LogP contribution in [-0.4, -0.2) is 125 Å². The maximum atomic E-state index is 12.4. The minimum Gasteiger partial charge on any atom is -0.490 e. The molecule has 14 heterocycles. The van der Waals surface area contributed by atoms with Crippen LogP contribution in [0.15, 0.2) is 137 Å². The quantitative estimate of drug-likeness (QED) is 0.0693. The Morgan fingerprint density at radius 1 is 0.726 bits per heavy atom. The number of halogens is 2. The Balaban J connectivity index is 0.000000119. The number of piperidine rings is 6. The lowest BCUT2D eigenvalue weighted by Gasteiger charge is -2.44. The molecular formula is C66H74ClIN8O6S2. The summed E-state index contributed by atoms with van der Waals surface area (Å²) in [5.41, 5.74) is 6.19. The van der Waals surface area contributed by atoms with E-state index in [1.54, 1.807) is 54.5 Å². The van der Waals surface area contributed by atoms with Gasteiger partial charge in [-0.25, -0.2) is 9.97 Å². The second kappa shape index (κ2) is 30.5. The van der Waals surface area contributed by atoms with Crippen molar-refractivity contribution in [3.8, 4) is 11.5 Å². The average Bonchev–Trinajstić information content (AvgIpc) is 3.74. The van der Waals surface area contributed by atoms with E-state index in [2.05, 4.69) is 94.1 Å². The summed E-state index contributed by atoms with van der Waals surface area (Å²) in [5.74, 6) is 4.83. The standard InChI is InChI=1S/C17H15NOS2.C16H18N2O2.C15H18ClNO.C9H11IN2O.C9H12N2O/c1-11-3-5-13(6-4-11)9-15-18-12(2)17(21-15)16(19)14-7-8-20-10-14;19-15(8-13-10-18-4-1-11(13)2-5-18)14-7-12-3-6-20-16(12)9-17-14;16-14-3-1-12(2-4-14)15(18)9-13-10-17-7-5-11(13)6-8-17;10-7-3-9(5-11-4-7)13-6-8-1-2-12-8;1-2-9(6-10-4-1)12-7-8-3-5-11-8/h3-8,10H,9H2,1-2H3;3,6-7,9,11,13H,1-2,4-5,8,10H2;1-4,11,13H,5-10H2;3-5,8,12H,1-2,6H2;1-2,4,6,8,11H,3,5,7H2/t;2*13-;2*8-/m.0000/s1. The number of hydrogen-bond donors (Lipinski definition) is 2. The number of ketones is 3. The Labute approximate surface area is 519 Å². The van der Waals surface area contributed by atoms with Crippen molar-refractivity contribution in [2.75, 3.05) is 65.6 Å². The van der Waals surface area contributed by atoms with Gasteiger partial charge in [0.1, 0.15) is 30.4 Å². The number of pyridine rings is 3. The van der Waals surface area contributed by atoms with Crippen molar-refractivity contribution in [3.63, 3.8) is 0 Å². The third-order valence-corrected chi connectivity index (χ3v) is 19.3. The Morgan fingerprint density at radius 3 is 1.94 bits per heavy atom. The van der Waals surface area contributed by atoms with Crippen molar-refractivity contribution >= 4 is 85.2 Å². The fourth-order valence-corrected chi connectivity index (χ4v) is 13.7. The van der Waals surface area contributed by atoms with E-state index in [0.717, 1.165) is 110 Å². The molecule has 14 nitrogen and oxygen atoms in total. The van der Waals surface area contributed by atoms with Crippen LogP contribution in [0.4, 0.5) is 0 Å². The third kappa shape index (κ3) is 17.7. The van der Waals surface area contributed by atoms with E-state index in [9.17, 15) is 14.4 Å². The van der Waals surface area contributed by atoms with Gasteiger partial charge in [0.25, 0.3) is 0 Å². The van der Waals surface area contributed by atoms with Gasteiger partial charge in [0.15, 0.2) is 17.1 Å². The van der Waals surface area contributed by atoms with Gasteiger partial charge in [-0.05, 0) is 210 Å². The summed E-state index contributed by atoms with van der Waals surface area (Å²) in [7, 11) is 0. The second-order valence-corrected chi connectivity index (χ2v) is 26.2. The van der Waals surface area contributed by atoms with E-state index in [1.807, 2.05) is 72.4 Å². The number of Topliss-reactive ketones (excluding diaryl/α,β-unsaturated/α-hetero) is 2. The SMILES string of the molecule is Cc1ccc(Cc2nc(C)c(C(=O)c3ccsc3)s2)cc1.Ic1cncc(OC[C@@H]2CCN2)c1.O=C(C[C@H]1CN2CCC1CC2)c1cc2ccoc2cn1.O=C(C[C@H]1CN2CCC1CC2)c1ccc(Cl)cc1.c1cncc(OC[C@@H]2CCN2)c1. The fraction of sp³-hybridized carbons (Fsp3) is 0.409. The zero-order valence-electron chi connectivity index (χ0n) is 47.8. The number of carbonyl (C=O) groups is 3. The summed E-state index contributed by atoms with van der Waals surface area (Å²) < 4.78 is 17.4. The Kier molecular flexibility index (Phi) is 22.3. The van der Waals surface area contributed by atoms with Crippen molar-refractivity contribution in [1.29, 1.82) is 0 Å². The Bertz CT molecular complexity index is 3360. The van der Waals surface area contributed by atoms with E-state index >= 15 is 0 Å². The van der Waals surface area contributed by atoms with Crippen LogP contribution in [0, 0.1) is 41.1 Å². The molecule has 84 heavy (non-hydrogen) atoms. The minimum atomic E-state index is 0.0846. The number of fused-ring (bicyclic) bond motifs is 7. The van der Waals surface area contributed by atoms with Crippen LogP contribution in [0.5, 0.6) is 11.5 Å². The predicted molar refractivity (Wildman–Crippen MR) is 342 cm³/mol. The van der Waals surface area contributed by atoms with Crippen LogP contribution in [0.2, 0.25) is 5.02 Å². The molecule has 0 spiro atoms. The summed E-state index contributed by atoms with van der Waals surface area (Å²) in [6.07, 6.45) is 20.0. The van der Waals surface area contributed by atoms with Gasteiger partial charge >= 0.3 is 0 Å². The maximum absolute atomic E-state index is 12.4. The normalized spacial score (nSPS) is 22.4. The molecule has 0 unspecified atom stereocenters. The number of furan rings is 1. The first-order valence-corrected chi connectivity index (χ1v) is 32.6. The zero-order valence-corrected chi connectivity index (χ0v) is 52.4. The smallest absolute Gasteiger partial charge is 0.205 e. The number of nitrogens with zero attached hydrogens (tertiary/aromatic N) is 6. The van der Waals surface area contributed by atoms with Gasteiger partial charge in [-0.1, -0.05) is 41.4 Å². The molecule has 0 radical (unpaired) electrons. The average molecular weight is 1300 g/mol.